The molecule has 1 heterocycles. The average Bonchev–Trinajstić information content (AvgIpc) is 2.92. The van der Waals surface area contributed by atoms with E-state index in [1.807, 2.05) is 29.8 Å². The molecule has 3 rings (SSSR count). The van der Waals surface area contributed by atoms with Crippen molar-refractivity contribution in [1.82, 2.24) is 9.78 Å². The van der Waals surface area contributed by atoms with Crippen LogP contribution in [0.25, 0.3) is 16.5 Å². The first-order valence-corrected chi connectivity index (χ1v) is 8.06. The zero-order valence-electron chi connectivity index (χ0n) is 12.6. The minimum Gasteiger partial charge on any atom is -0.477 e. The molecule has 0 fully saturated rings. The van der Waals surface area contributed by atoms with E-state index in [2.05, 4.69) is 35.4 Å². The molecule has 0 spiro atoms. The summed E-state index contributed by atoms with van der Waals surface area (Å²) >= 11 is 5.67. The minimum absolute atomic E-state index is 0.654. The first-order chi connectivity index (χ1) is 10.8. The van der Waals surface area contributed by atoms with E-state index >= 15 is 0 Å². The quantitative estimate of drug-likeness (QED) is 0.486. The number of hydrogen-bond donors (Lipinski definition) is 0. The summed E-state index contributed by atoms with van der Waals surface area (Å²) in [5.74, 6) is 1.34. The highest BCUT2D eigenvalue weighted by atomic mass is 35.5. The van der Waals surface area contributed by atoms with E-state index in [-0.39, 0.29) is 0 Å². The van der Waals surface area contributed by atoms with Crippen molar-refractivity contribution in [1.29, 1.82) is 0 Å². The molecule has 22 heavy (non-hydrogen) atoms. The molecule has 0 amide bonds. The third-order valence-electron chi connectivity index (χ3n) is 3.62. The Balaban J connectivity index is 1.82. The van der Waals surface area contributed by atoms with E-state index in [0.29, 0.717) is 18.4 Å². The van der Waals surface area contributed by atoms with Gasteiger partial charge in [-0.1, -0.05) is 30.3 Å². The summed E-state index contributed by atoms with van der Waals surface area (Å²) in [6.07, 6.45) is 1.91. The number of fused-ring (bicyclic) bond motifs is 1. The van der Waals surface area contributed by atoms with Gasteiger partial charge >= 0.3 is 0 Å². The summed E-state index contributed by atoms with van der Waals surface area (Å²) < 4.78 is 7.61. The van der Waals surface area contributed by atoms with Crippen molar-refractivity contribution < 1.29 is 4.74 Å². The first kappa shape index (κ1) is 14.9. The van der Waals surface area contributed by atoms with E-state index < -0.39 is 0 Å². The number of halogens is 1. The number of aromatic nitrogens is 2. The number of unbranched alkanes of at least 4 members (excludes halogenated alkanes) is 1. The zero-order valence-corrected chi connectivity index (χ0v) is 13.4. The number of alkyl halides is 1. The van der Waals surface area contributed by atoms with Crippen molar-refractivity contribution in [3.05, 3.63) is 54.2 Å². The van der Waals surface area contributed by atoms with Gasteiger partial charge in [0.2, 0.25) is 5.88 Å². The normalized spacial score (nSPS) is 11.0. The zero-order chi connectivity index (χ0) is 15.4. The Hall–Kier alpha value is -2.00. The number of ether oxygens (including phenoxy) is 1. The van der Waals surface area contributed by atoms with Crippen LogP contribution >= 0.6 is 11.6 Å². The summed E-state index contributed by atoms with van der Waals surface area (Å²) in [5.41, 5.74) is 2.11. The van der Waals surface area contributed by atoms with Crippen molar-refractivity contribution >= 4 is 22.4 Å². The van der Waals surface area contributed by atoms with Gasteiger partial charge in [-0.2, -0.15) is 0 Å². The maximum Gasteiger partial charge on any atom is 0.233 e. The number of hydrogen-bond acceptors (Lipinski definition) is 2. The molecule has 0 radical (unpaired) electrons. The molecule has 3 nitrogen and oxygen atoms in total. The molecule has 0 saturated heterocycles. The summed E-state index contributed by atoms with van der Waals surface area (Å²) in [6, 6.07) is 16.6. The van der Waals surface area contributed by atoms with Gasteiger partial charge < -0.3 is 4.74 Å². The third kappa shape index (κ3) is 3.25. The lowest BCUT2D eigenvalue weighted by Crippen LogP contribution is -2.01. The fraction of sp³-hybridized carbons (Fsp3) is 0.278. The first-order valence-electron chi connectivity index (χ1n) is 7.52. The topological polar surface area (TPSA) is 27.1 Å². The highest BCUT2D eigenvalue weighted by molar-refractivity contribution is 6.17. The Bertz CT molecular complexity index is 767. The summed E-state index contributed by atoms with van der Waals surface area (Å²) in [6.45, 7) is 2.69. The molecule has 0 aliphatic carbocycles. The second-order valence-corrected chi connectivity index (χ2v) is 5.69. The molecule has 2 aromatic carbocycles. The Morgan fingerprint density at radius 2 is 1.86 bits per heavy atom. The molecular formula is C18H19ClN2O. The Kier molecular flexibility index (Phi) is 4.64. The fourth-order valence-corrected chi connectivity index (χ4v) is 2.65. The molecular weight excluding hydrogens is 296 g/mol. The lowest BCUT2D eigenvalue weighted by molar-refractivity contribution is 0.296. The lowest BCUT2D eigenvalue weighted by Gasteiger charge is -2.06. The van der Waals surface area contributed by atoms with Crippen LogP contribution in [-0.2, 0) is 0 Å². The van der Waals surface area contributed by atoms with Gasteiger partial charge in [-0.15, -0.1) is 16.7 Å². The third-order valence-corrected chi connectivity index (χ3v) is 3.89. The highest BCUT2D eigenvalue weighted by Gasteiger charge is 2.07. The highest BCUT2D eigenvalue weighted by Crippen LogP contribution is 2.21. The largest absolute Gasteiger partial charge is 0.477 e. The molecule has 0 atom stereocenters. The minimum atomic E-state index is 0.654. The number of benzene rings is 2. The molecule has 0 saturated carbocycles. The van der Waals surface area contributed by atoms with E-state index in [1.165, 1.54) is 10.8 Å². The fourth-order valence-electron chi connectivity index (χ4n) is 2.46. The van der Waals surface area contributed by atoms with Crippen LogP contribution in [0, 0.1) is 6.92 Å². The second kappa shape index (κ2) is 6.84. The van der Waals surface area contributed by atoms with Crippen LogP contribution in [0.2, 0.25) is 0 Å². The van der Waals surface area contributed by atoms with Gasteiger partial charge in [0.15, 0.2) is 0 Å². The molecule has 0 N–H and O–H groups in total. The van der Waals surface area contributed by atoms with E-state index in [1.54, 1.807) is 0 Å². The molecule has 0 aliphatic heterocycles. The van der Waals surface area contributed by atoms with Gasteiger partial charge in [-0.3, -0.25) is 0 Å². The van der Waals surface area contributed by atoms with Gasteiger partial charge in [-0.25, -0.2) is 4.68 Å². The van der Waals surface area contributed by atoms with E-state index in [9.17, 15) is 0 Å². The Morgan fingerprint density at radius 1 is 1.05 bits per heavy atom. The monoisotopic (exact) mass is 314 g/mol. The van der Waals surface area contributed by atoms with E-state index in [0.717, 1.165) is 24.2 Å². The number of nitrogens with zero attached hydrogens (tertiary/aromatic N) is 2. The Labute approximate surface area is 135 Å². The average molecular weight is 315 g/mol. The maximum absolute atomic E-state index is 5.69. The molecule has 3 aromatic rings. The van der Waals surface area contributed by atoms with Crippen molar-refractivity contribution in [3.63, 3.8) is 0 Å². The van der Waals surface area contributed by atoms with Gasteiger partial charge in [0.05, 0.1) is 12.3 Å². The van der Waals surface area contributed by atoms with Crippen LogP contribution < -0.4 is 4.74 Å². The molecule has 4 heteroatoms. The van der Waals surface area contributed by atoms with E-state index in [4.69, 9.17) is 16.3 Å². The second-order valence-electron chi connectivity index (χ2n) is 5.31. The van der Waals surface area contributed by atoms with Crippen LogP contribution in [0.5, 0.6) is 5.88 Å². The van der Waals surface area contributed by atoms with Crippen molar-refractivity contribution in [2.45, 2.75) is 19.8 Å². The summed E-state index contributed by atoms with van der Waals surface area (Å²) in [4.78, 5) is 0. The SMILES string of the molecule is Cc1cc(OCCCCCl)nn1-c1ccc2ccccc2c1. The van der Waals surface area contributed by atoms with Crippen LogP contribution in [-0.4, -0.2) is 22.3 Å². The van der Waals surface area contributed by atoms with Gasteiger partial charge in [0, 0.05) is 17.6 Å². The maximum atomic E-state index is 5.69. The predicted octanol–water partition coefficient (Wildman–Crippen LogP) is 4.73. The molecule has 0 unspecified atom stereocenters. The van der Waals surface area contributed by atoms with Crippen LogP contribution in [0.1, 0.15) is 18.5 Å². The smallest absolute Gasteiger partial charge is 0.233 e. The standard InChI is InChI=1S/C18H19ClN2O/c1-14-12-18(22-11-5-4-10-19)20-21(14)17-9-8-15-6-2-3-7-16(15)13-17/h2-3,6-9,12-13H,4-5,10-11H2,1H3. The van der Waals surface area contributed by atoms with Crippen LogP contribution in [0.3, 0.4) is 0 Å². The predicted molar refractivity (Wildman–Crippen MR) is 91.3 cm³/mol. The van der Waals surface area contributed by atoms with Crippen LogP contribution in [0.15, 0.2) is 48.5 Å². The van der Waals surface area contributed by atoms with Crippen molar-refractivity contribution in [3.8, 4) is 11.6 Å². The summed E-state index contributed by atoms with van der Waals surface area (Å²) in [5, 5.41) is 6.98. The lowest BCUT2D eigenvalue weighted by atomic mass is 10.1. The number of rotatable bonds is 6. The van der Waals surface area contributed by atoms with Crippen molar-refractivity contribution in [2.75, 3.05) is 12.5 Å². The van der Waals surface area contributed by atoms with Gasteiger partial charge in [0.25, 0.3) is 0 Å². The summed E-state index contributed by atoms with van der Waals surface area (Å²) in [7, 11) is 0. The molecule has 0 bridgehead atoms. The molecule has 0 aliphatic rings. The van der Waals surface area contributed by atoms with Crippen molar-refractivity contribution in [2.24, 2.45) is 0 Å². The van der Waals surface area contributed by atoms with Crippen LogP contribution in [0.4, 0.5) is 0 Å². The Morgan fingerprint density at radius 3 is 2.68 bits per heavy atom. The molecule has 1 aromatic heterocycles. The number of aryl methyl sites for hydroxylation is 1. The molecule has 114 valence electrons. The van der Waals surface area contributed by atoms with Gasteiger partial charge in [-0.05, 0) is 42.7 Å². The van der Waals surface area contributed by atoms with Gasteiger partial charge in [0.1, 0.15) is 0 Å².